The van der Waals surface area contributed by atoms with E-state index in [4.69, 9.17) is 0 Å². The van der Waals surface area contributed by atoms with Crippen LogP contribution in [0, 0.1) is 0 Å². The molecule has 0 aliphatic carbocycles. The molecule has 0 aromatic rings. The zero-order valence-corrected chi connectivity index (χ0v) is 18.4. The Kier molecular flexibility index (Phi) is 16.9. The predicted molar refractivity (Wildman–Crippen MR) is 118 cm³/mol. The first-order valence-electron chi connectivity index (χ1n) is 12.3. The van der Waals surface area contributed by atoms with Gasteiger partial charge in [0.2, 0.25) is 0 Å². The van der Waals surface area contributed by atoms with E-state index in [0.29, 0.717) is 0 Å². The summed E-state index contributed by atoms with van der Waals surface area (Å²) in [6.07, 6.45) is 24.3. The molecule has 26 heavy (non-hydrogen) atoms. The SMILES string of the molecule is CCCCCCCCCCN(CCCCCCCCCC)C1CCNC1. The van der Waals surface area contributed by atoms with Gasteiger partial charge in [0.05, 0.1) is 0 Å². The van der Waals surface area contributed by atoms with Gasteiger partial charge in [-0.15, -0.1) is 0 Å². The van der Waals surface area contributed by atoms with Gasteiger partial charge in [-0.25, -0.2) is 0 Å². The van der Waals surface area contributed by atoms with Crippen LogP contribution >= 0.6 is 0 Å². The van der Waals surface area contributed by atoms with Crippen molar-refractivity contribution in [3.8, 4) is 0 Å². The molecule has 1 aliphatic heterocycles. The molecular weight excluding hydrogens is 316 g/mol. The second-order valence-electron chi connectivity index (χ2n) is 8.63. The maximum atomic E-state index is 3.57. The van der Waals surface area contributed by atoms with Crippen molar-refractivity contribution in [3.05, 3.63) is 0 Å². The summed E-state index contributed by atoms with van der Waals surface area (Å²) in [6, 6.07) is 0.823. The lowest BCUT2D eigenvalue weighted by Crippen LogP contribution is -2.38. The molecular formula is C24H50N2. The predicted octanol–water partition coefficient (Wildman–Crippen LogP) is 6.93. The zero-order valence-electron chi connectivity index (χ0n) is 18.4. The normalized spacial score (nSPS) is 17.4. The van der Waals surface area contributed by atoms with Gasteiger partial charge in [-0.2, -0.15) is 0 Å². The summed E-state index contributed by atoms with van der Waals surface area (Å²) in [6.45, 7) is 9.76. The van der Waals surface area contributed by atoms with Crippen LogP contribution in [0.4, 0.5) is 0 Å². The molecule has 2 heteroatoms. The Morgan fingerprint density at radius 1 is 0.615 bits per heavy atom. The molecule has 1 rings (SSSR count). The molecule has 1 saturated heterocycles. The van der Waals surface area contributed by atoms with Gasteiger partial charge in [0, 0.05) is 12.6 Å². The standard InChI is InChI=1S/C24H50N2/c1-3-5-7-9-11-13-15-17-21-26(24-19-20-25-23-24)22-18-16-14-12-10-8-6-4-2/h24-25H,3-23H2,1-2H3. The summed E-state index contributed by atoms with van der Waals surface area (Å²) in [5.74, 6) is 0. The number of hydrogen-bond acceptors (Lipinski definition) is 2. The number of unbranched alkanes of at least 4 members (excludes halogenated alkanes) is 14. The summed E-state index contributed by atoms with van der Waals surface area (Å²) in [4.78, 5) is 2.83. The van der Waals surface area contributed by atoms with Crippen molar-refractivity contribution in [3.63, 3.8) is 0 Å². The lowest BCUT2D eigenvalue weighted by Gasteiger charge is -2.28. The number of nitrogens with one attached hydrogen (secondary N) is 1. The first-order valence-corrected chi connectivity index (χ1v) is 12.3. The van der Waals surface area contributed by atoms with Crippen molar-refractivity contribution in [2.45, 2.75) is 129 Å². The van der Waals surface area contributed by atoms with Crippen LogP contribution in [0.15, 0.2) is 0 Å². The smallest absolute Gasteiger partial charge is 0.0232 e. The fourth-order valence-electron chi connectivity index (χ4n) is 4.33. The average molecular weight is 367 g/mol. The molecule has 0 bridgehead atoms. The molecule has 1 atom stereocenters. The van der Waals surface area contributed by atoms with E-state index in [1.165, 1.54) is 135 Å². The van der Waals surface area contributed by atoms with Crippen LogP contribution in [0.1, 0.15) is 123 Å². The maximum absolute atomic E-state index is 3.57. The van der Waals surface area contributed by atoms with Gasteiger partial charge < -0.3 is 5.32 Å². The molecule has 156 valence electrons. The Balaban J connectivity index is 2.04. The Morgan fingerprint density at radius 3 is 1.42 bits per heavy atom. The van der Waals surface area contributed by atoms with E-state index in [1.54, 1.807) is 0 Å². The van der Waals surface area contributed by atoms with Gasteiger partial charge in [-0.3, -0.25) is 4.90 Å². The van der Waals surface area contributed by atoms with E-state index in [9.17, 15) is 0 Å². The number of hydrogen-bond donors (Lipinski definition) is 1. The van der Waals surface area contributed by atoms with Crippen LogP contribution < -0.4 is 5.32 Å². The van der Waals surface area contributed by atoms with Gasteiger partial charge in [-0.05, 0) is 38.9 Å². The largest absolute Gasteiger partial charge is 0.315 e. The summed E-state index contributed by atoms with van der Waals surface area (Å²) in [5, 5.41) is 3.57. The van der Waals surface area contributed by atoms with Crippen molar-refractivity contribution in [2.24, 2.45) is 0 Å². The minimum Gasteiger partial charge on any atom is -0.315 e. The van der Waals surface area contributed by atoms with Gasteiger partial charge >= 0.3 is 0 Å². The molecule has 1 aliphatic rings. The van der Waals surface area contributed by atoms with E-state index in [1.807, 2.05) is 0 Å². The molecule has 0 aromatic carbocycles. The van der Waals surface area contributed by atoms with Crippen molar-refractivity contribution in [1.82, 2.24) is 10.2 Å². The fraction of sp³-hybridized carbons (Fsp3) is 1.00. The maximum Gasteiger partial charge on any atom is 0.0232 e. The lowest BCUT2D eigenvalue weighted by molar-refractivity contribution is 0.199. The second-order valence-corrected chi connectivity index (χ2v) is 8.63. The Bertz CT molecular complexity index is 253. The van der Waals surface area contributed by atoms with Crippen molar-refractivity contribution in [2.75, 3.05) is 26.2 Å². The van der Waals surface area contributed by atoms with E-state index in [2.05, 4.69) is 24.1 Å². The number of nitrogens with zero attached hydrogens (tertiary/aromatic N) is 1. The van der Waals surface area contributed by atoms with E-state index in [0.717, 1.165) is 6.04 Å². The highest BCUT2D eigenvalue weighted by atomic mass is 15.2. The molecule has 1 heterocycles. The molecule has 1 N–H and O–H groups in total. The quantitative estimate of drug-likeness (QED) is 0.249. The first kappa shape index (κ1) is 24.0. The van der Waals surface area contributed by atoms with Crippen molar-refractivity contribution in [1.29, 1.82) is 0 Å². The van der Waals surface area contributed by atoms with Crippen LogP contribution in [0.5, 0.6) is 0 Å². The second kappa shape index (κ2) is 18.3. The Hall–Kier alpha value is -0.0800. The first-order chi connectivity index (χ1) is 12.9. The minimum absolute atomic E-state index is 0.823. The highest BCUT2D eigenvalue weighted by Gasteiger charge is 2.21. The monoisotopic (exact) mass is 366 g/mol. The summed E-state index contributed by atoms with van der Waals surface area (Å²) in [5.41, 5.74) is 0. The highest BCUT2D eigenvalue weighted by molar-refractivity contribution is 4.80. The average Bonchev–Trinajstić information content (AvgIpc) is 3.19. The van der Waals surface area contributed by atoms with Crippen LogP contribution in [0.2, 0.25) is 0 Å². The minimum atomic E-state index is 0.823. The van der Waals surface area contributed by atoms with Crippen molar-refractivity contribution < 1.29 is 0 Å². The molecule has 0 aromatic heterocycles. The third-order valence-electron chi connectivity index (χ3n) is 6.15. The van der Waals surface area contributed by atoms with E-state index >= 15 is 0 Å². The molecule has 1 fully saturated rings. The van der Waals surface area contributed by atoms with Gasteiger partial charge in [0.15, 0.2) is 0 Å². The van der Waals surface area contributed by atoms with Crippen molar-refractivity contribution >= 4 is 0 Å². The van der Waals surface area contributed by atoms with Crippen LogP contribution in [-0.4, -0.2) is 37.1 Å². The van der Waals surface area contributed by atoms with Gasteiger partial charge in [-0.1, -0.05) is 104 Å². The van der Waals surface area contributed by atoms with E-state index in [-0.39, 0.29) is 0 Å². The molecule has 0 spiro atoms. The van der Waals surface area contributed by atoms with Gasteiger partial charge in [0.25, 0.3) is 0 Å². The van der Waals surface area contributed by atoms with Crippen LogP contribution in [-0.2, 0) is 0 Å². The molecule has 0 radical (unpaired) electrons. The third kappa shape index (κ3) is 13.1. The van der Waals surface area contributed by atoms with E-state index < -0.39 is 0 Å². The summed E-state index contributed by atoms with van der Waals surface area (Å²) < 4.78 is 0. The van der Waals surface area contributed by atoms with Crippen LogP contribution in [0.3, 0.4) is 0 Å². The lowest BCUT2D eigenvalue weighted by atomic mass is 10.1. The summed E-state index contributed by atoms with van der Waals surface area (Å²) in [7, 11) is 0. The van der Waals surface area contributed by atoms with Crippen LogP contribution in [0.25, 0.3) is 0 Å². The zero-order chi connectivity index (χ0) is 18.7. The Labute approximate surface area is 165 Å². The molecule has 0 amide bonds. The molecule has 0 saturated carbocycles. The highest BCUT2D eigenvalue weighted by Crippen LogP contribution is 2.15. The fourth-order valence-corrected chi connectivity index (χ4v) is 4.33. The summed E-state index contributed by atoms with van der Waals surface area (Å²) >= 11 is 0. The Morgan fingerprint density at radius 2 is 1.04 bits per heavy atom. The number of rotatable bonds is 19. The molecule has 1 unspecified atom stereocenters. The van der Waals surface area contributed by atoms with Gasteiger partial charge in [0.1, 0.15) is 0 Å². The molecule has 2 nitrogen and oxygen atoms in total. The third-order valence-corrected chi connectivity index (χ3v) is 6.15. The topological polar surface area (TPSA) is 15.3 Å².